The SMILES string of the molecule is CCN1CCN(c2ccc3cc(-c4cn5cc(C)nc(C)c5n4)c(=O)oc3c2)CC1C. The van der Waals surface area contributed by atoms with E-state index in [9.17, 15) is 4.79 Å². The first-order valence-electron chi connectivity index (χ1n) is 10.8. The molecule has 1 atom stereocenters. The molecular weight excluding hydrogens is 390 g/mol. The number of aryl methyl sites for hydroxylation is 2. The molecule has 1 aliphatic rings. The molecule has 0 aliphatic carbocycles. The molecule has 1 aliphatic heterocycles. The maximum atomic E-state index is 12.8. The summed E-state index contributed by atoms with van der Waals surface area (Å²) in [4.78, 5) is 26.8. The second-order valence-corrected chi connectivity index (χ2v) is 8.42. The van der Waals surface area contributed by atoms with Gasteiger partial charge >= 0.3 is 5.63 Å². The summed E-state index contributed by atoms with van der Waals surface area (Å²) in [6, 6.07) is 8.50. The smallest absolute Gasteiger partial charge is 0.345 e. The van der Waals surface area contributed by atoms with Gasteiger partial charge < -0.3 is 13.7 Å². The van der Waals surface area contributed by atoms with Gasteiger partial charge in [-0.1, -0.05) is 6.92 Å². The van der Waals surface area contributed by atoms with Gasteiger partial charge in [0, 0.05) is 55.2 Å². The van der Waals surface area contributed by atoms with Crippen molar-refractivity contribution in [2.75, 3.05) is 31.1 Å². The highest BCUT2D eigenvalue weighted by Crippen LogP contribution is 2.27. The molecule has 0 bridgehead atoms. The standard InChI is InChI=1S/C24H27N5O2/c1-5-27-8-9-28(13-16(27)3)19-7-6-18-10-20(24(30)31-22(18)11-19)21-14-29-12-15(2)25-17(4)23(29)26-21/h6-7,10-12,14,16H,5,8-9,13H2,1-4H3. The van der Waals surface area contributed by atoms with Crippen LogP contribution in [-0.4, -0.2) is 51.5 Å². The first-order valence-corrected chi connectivity index (χ1v) is 10.8. The maximum absolute atomic E-state index is 12.8. The number of hydrogen-bond acceptors (Lipinski definition) is 6. The number of nitrogens with zero attached hydrogens (tertiary/aromatic N) is 5. The Morgan fingerprint density at radius 1 is 1.13 bits per heavy atom. The number of imidazole rings is 1. The lowest BCUT2D eigenvalue weighted by Gasteiger charge is -2.40. The van der Waals surface area contributed by atoms with Crippen LogP contribution in [0.1, 0.15) is 25.2 Å². The van der Waals surface area contributed by atoms with E-state index in [4.69, 9.17) is 4.42 Å². The fourth-order valence-electron chi connectivity index (χ4n) is 4.61. The molecule has 1 fully saturated rings. The Balaban J connectivity index is 1.51. The number of hydrogen-bond donors (Lipinski definition) is 0. The average Bonchev–Trinajstić information content (AvgIpc) is 3.17. The molecule has 7 nitrogen and oxygen atoms in total. The van der Waals surface area contributed by atoms with E-state index in [1.165, 1.54) is 0 Å². The van der Waals surface area contributed by atoms with Gasteiger partial charge in [-0.3, -0.25) is 9.88 Å². The summed E-state index contributed by atoms with van der Waals surface area (Å²) in [5, 5.41) is 0.890. The fraction of sp³-hybridized carbons (Fsp3) is 0.375. The molecule has 31 heavy (non-hydrogen) atoms. The lowest BCUT2D eigenvalue weighted by molar-refractivity contribution is 0.199. The van der Waals surface area contributed by atoms with Gasteiger partial charge in [-0.15, -0.1) is 0 Å². The third-order valence-electron chi connectivity index (χ3n) is 6.26. The number of fused-ring (bicyclic) bond motifs is 2. The third-order valence-corrected chi connectivity index (χ3v) is 6.26. The van der Waals surface area contributed by atoms with Gasteiger partial charge in [0.1, 0.15) is 5.58 Å². The molecular formula is C24H27N5O2. The van der Waals surface area contributed by atoms with Crippen molar-refractivity contribution in [1.29, 1.82) is 0 Å². The quantitative estimate of drug-likeness (QED) is 0.474. The molecule has 3 aromatic heterocycles. The highest BCUT2D eigenvalue weighted by atomic mass is 16.4. The monoisotopic (exact) mass is 417 g/mol. The molecule has 7 heteroatoms. The Morgan fingerprint density at radius 2 is 1.97 bits per heavy atom. The van der Waals surface area contributed by atoms with Crippen molar-refractivity contribution in [3.8, 4) is 11.3 Å². The van der Waals surface area contributed by atoms with Gasteiger partial charge in [-0.2, -0.15) is 0 Å². The summed E-state index contributed by atoms with van der Waals surface area (Å²) in [6.45, 7) is 12.4. The van der Waals surface area contributed by atoms with Gasteiger partial charge in [-0.25, -0.2) is 9.78 Å². The first-order chi connectivity index (χ1) is 14.9. The lowest BCUT2D eigenvalue weighted by Crippen LogP contribution is -2.51. The predicted molar refractivity (Wildman–Crippen MR) is 123 cm³/mol. The summed E-state index contributed by atoms with van der Waals surface area (Å²) < 4.78 is 7.65. The van der Waals surface area contributed by atoms with Gasteiger partial charge in [-0.05, 0) is 45.5 Å². The predicted octanol–water partition coefficient (Wildman–Crippen LogP) is 3.65. The Morgan fingerprint density at radius 3 is 2.74 bits per heavy atom. The molecule has 4 heterocycles. The molecule has 0 saturated carbocycles. The number of likely N-dealkylation sites (N-methyl/N-ethyl adjacent to an activating group) is 1. The summed E-state index contributed by atoms with van der Waals surface area (Å²) in [7, 11) is 0. The van der Waals surface area contributed by atoms with Crippen molar-refractivity contribution in [2.24, 2.45) is 0 Å². The number of benzene rings is 1. The fourth-order valence-corrected chi connectivity index (χ4v) is 4.61. The summed E-state index contributed by atoms with van der Waals surface area (Å²) in [6.07, 6.45) is 3.77. The zero-order valence-electron chi connectivity index (χ0n) is 18.4. The second kappa shape index (κ2) is 7.50. The van der Waals surface area contributed by atoms with Gasteiger partial charge in [0.25, 0.3) is 0 Å². The van der Waals surface area contributed by atoms with Crippen molar-refractivity contribution >= 4 is 22.3 Å². The molecule has 4 aromatic rings. The lowest BCUT2D eigenvalue weighted by atomic mass is 10.1. The van der Waals surface area contributed by atoms with Crippen molar-refractivity contribution in [1.82, 2.24) is 19.3 Å². The normalized spacial score (nSPS) is 17.7. The number of anilines is 1. The molecule has 1 aromatic carbocycles. The Labute approximate surface area is 180 Å². The topological polar surface area (TPSA) is 66.9 Å². The van der Waals surface area contributed by atoms with Crippen LogP contribution in [0, 0.1) is 13.8 Å². The van der Waals surface area contributed by atoms with Crippen LogP contribution in [0.4, 0.5) is 5.69 Å². The summed E-state index contributed by atoms with van der Waals surface area (Å²) in [5.41, 5.74) is 4.87. The zero-order chi connectivity index (χ0) is 21.7. The van der Waals surface area contributed by atoms with Crippen LogP contribution in [-0.2, 0) is 0 Å². The molecule has 1 saturated heterocycles. The van der Waals surface area contributed by atoms with Crippen molar-refractivity contribution < 1.29 is 4.42 Å². The summed E-state index contributed by atoms with van der Waals surface area (Å²) in [5.74, 6) is 0. The highest BCUT2D eigenvalue weighted by molar-refractivity contribution is 5.84. The molecule has 0 N–H and O–H groups in total. The maximum Gasteiger partial charge on any atom is 0.345 e. The van der Waals surface area contributed by atoms with Crippen molar-refractivity contribution in [2.45, 2.75) is 33.7 Å². The number of rotatable bonds is 3. The largest absolute Gasteiger partial charge is 0.422 e. The van der Waals surface area contributed by atoms with Gasteiger partial charge in [0.2, 0.25) is 0 Å². The van der Waals surface area contributed by atoms with Gasteiger partial charge in [0.05, 0.1) is 22.6 Å². The molecule has 160 valence electrons. The molecule has 5 rings (SSSR count). The van der Waals surface area contributed by atoms with Crippen molar-refractivity contribution in [3.63, 3.8) is 0 Å². The molecule has 0 radical (unpaired) electrons. The highest BCUT2D eigenvalue weighted by Gasteiger charge is 2.23. The van der Waals surface area contributed by atoms with Crippen molar-refractivity contribution in [3.05, 3.63) is 58.5 Å². The Bertz CT molecular complexity index is 1340. The first kappa shape index (κ1) is 19.8. The minimum atomic E-state index is -0.375. The van der Waals surface area contributed by atoms with E-state index in [0.29, 0.717) is 22.9 Å². The van der Waals surface area contributed by atoms with Crippen LogP contribution in [0.3, 0.4) is 0 Å². The van der Waals surface area contributed by atoms with E-state index in [-0.39, 0.29) is 5.63 Å². The van der Waals surface area contributed by atoms with Crippen LogP contribution in [0.25, 0.3) is 27.9 Å². The zero-order valence-corrected chi connectivity index (χ0v) is 18.4. The van der Waals surface area contributed by atoms with E-state index < -0.39 is 0 Å². The van der Waals surface area contributed by atoms with E-state index in [0.717, 1.165) is 54.3 Å². The Hall–Kier alpha value is -3.19. The third kappa shape index (κ3) is 3.49. The van der Waals surface area contributed by atoms with Gasteiger partial charge in [0.15, 0.2) is 5.65 Å². The van der Waals surface area contributed by atoms with Crippen LogP contribution < -0.4 is 10.5 Å². The average molecular weight is 418 g/mol. The van der Waals surface area contributed by atoms with E-state index >= 15 is 0 Å². The molecule has 1 unspecified atom stereocenters. The minimum Gasteiger partial charge on any atom is -0.422 e. The summed E-state index contributed by atoms with van der Waals surface area (Å²) >= 11 is 0. The second-order valence-electron chi connectivity index (χ2n) is 8.42. The molecule has 0 amide bonds. The van der Waals surface area contributed by atoms with Crippen LogP contribution >= 0.6 is 0 Å². The minimum absolute atomic E-state index is 0.375. The van der Waals surface area contributed by atoms with E-state index in [1.54, 1.807) is 0 Å². The van der Waals surface area contributed by atoms with Crippen LogP contribution in [0.5, 0.6) is 0 Å². The molecule has 0 spiro atoms. The van der Waals surface area contributed by atoms with E-state index in [2.05, 4.69) is 39.7 Å². The van der Waals surface area contributed by atoms with Crippen LogP contribution in [0.2, 0.25) is 0 Å². The van der Waals surface area contributed by atoms with Crippen LogP contribution in [0.15, 0.2) is 45.9 Å². The Kier molecular flexibility index (Phi) is 4.78. The number of piperazine rings is 1. The number of aromatic nitrogens is 3. The van der Waals surface area contributed by atoms with E-state index in [1.807, 2.05) is 48.8 Å².